The molecule has 3 aromatic rings. The lowest BCUT2D eigenvalue weighted by atomic mass is 9.91. The molecule has 0 fully saturated rings. The van der Waals surface area contributed by atoms with Gasteiger partial charge in [-0.25, -0.2) is 4.79 Å². The first-order valence-corrected chi connectivity index (χ1v) is 8.95. The number of rotatable bonds is 6. The molecule has 0 radical (unpaired) electrons. The molecule has 0 saturated carbocycles. The second-order valence-corrected chi connectivity index (χ2v) is 6.69. The van der Waals surface area contributed by atoms with Crippen LogP contribution in [0.1, 0.15) is 38.5 Å². The molecule has 0 amide bonds. The van der Waals surface area contributed by atoms with E-state index < -0.39 is 0 Å². The highest BCUT2D eigenvalue weighted by atomic mass is 32.1. The number of carbonyl (C=O) groups excluding carboxylic acids is 1. The van der Waals surface area contributed by atoms with Crippen LogP contribution in [0.3, 0.4) is 0 Å². The van der Waals surface area contributed by atoms with Crippen LogP contribution in [0.5, 0.6) is 0 Å². The lowest BCUT2D eigenvalue weighted by Gasteiger charge is -2.16. The Kier molecular flexibility index (Phi) is 5.44. The minimum absolute atomic E-state index is 0.236. The fourth-order valence-corrected chi connectivity index (χ4v) is 3.80. The molecule has 3 rings (SSSR count). The molecule has 24 heavy (non-hydrogen) atoms. The maximum atomic E-state index is 12.0. The van der Waals surface area contributed by atoms with Gasteiger partial charge in [0.25, 0.3) is 0 Å². The predicted octanol–water partition coefficient (Wildman–Crippen LogP) is 5.30. The Hall–Kier alpha value is -2.39. The summed E-state index contributed by atoms with van der Waals surface area (Å²) < 4.78 is 5.12. The van der Waals surface area contributed by atoms with Gasteiger partial charge < -0.3 is 4.74 Å². The van der Waals surface area contributed by atoms with Crippen molar-refractivity contribution < 1.29 is 9.53 Å². The van der Waals surface area contributed by atoms with Crippen LogP contribution in [0, 0.1) is 0 Å². The van der Waals surface area contributed by atoms with E-state index in [9.17, 15) is 4.79 Å². The van der Waals surface area contributed by atoms with Crippen molar-refractivity contribution in [1.82, 2.24) is 0 Å². The van der Waals surface area contributed by atoms with Crippen molar-refractivity contribution >= 4 is 17.3 Å². The zero-order valence-electron chi connectivity index (χ0n) is 13.6. The number of esters is 1. The maximum absolute atomic E-state index is 12.0. The Balaban J connectivity index is 1.91. The smallest absolute Gasteiger partial charge is 0.348 e. The highest BCUT2D eigenvalue weighted by Crippen LogP contribution is 2.33. The topological polar surface area (TPSA) is 26.3 Å². The van der Waals surface area contributed by atoms with Crippen molar-refractivity contribution in [3.63, 3.8) is 0 Å². The second kappa shape index (κ2) is 7.93. The molecule has 0 saturated heterocycles. The van der Waals surface area contributed by atoms with Crippen LogP contribution >= 0.6 is 11.3 Å². The van der Waals surface area contributed by atoms with Crippen molar-refractivity contribution in [1.29, 1.82) is 0 Å². The highest BCUT2D eigenvalue weighted by Gasteiger charge is 2.19. The van der Waals surface area contributed by atoms with E-state index in [1.807, 2.05) is 25.1 Å². The molecular weight excluding hydrogens is 316 g/mol. The molecule has 0 aliphatic rings. The minimum atomic E-state index is -0.236. The van der Waals surface area contributed by atoms with Crippen LogP contribution in [0.15, 0.2) is 72.8 Å². The lowest BCUT2D eigenvalue weighted by molar-refractivity contribution is 0.0532. The number of ether oxygens (including phenoxy) is 1. The van der Waals surface area contributed by atoms with Gasteiger partial charge in [0.2, 0.25) is 0 Å². The molecule has 0 aliphatic heterocycles. The Morgan fingerprint density at radius 1 is 0.958 bits per heavy atom. The SMILES string of the molecule is CCOC(=O)c1ccc(C(Cc2ccccc2)c2ccccc2)s1. The third kappa shape index (κ3) is 3.92. The van der Waals surface area contributed by atoms with Crippen LogP contribution in [0.25, 0.3) is 0 Å². The van der Waals surface area contributed by atoms with Crippen LogP contribution in [-0.4, -0.2) is 12.6 Å². The average Bonchev–Trinajstić information content (AvgIpc) is 3.11. The van der Waals surface area contributed by atoms with Crippen molar-refractivity contribution in [3.05, 3.63) is 93.7 Å². The van der Waals surface area contributed by atoms with Gasteiger partial charge in [-0.1, -0.05) is 60.7 Å². The van der Waals surface area contributed by atoms with E-state index >= 15 is 0 Å². The summed E-state index contributed by atoms with van der Waals surface area (Å²) >= 11 is 1.53. The Morgan fingerprint density at radius 3 is 2.29 bits per heavy atom. The van der Waals surface area contributed by atoms with Crippen LogP contribution in [0.2, 0.25) is 0 Å². The summed E-state index contributed by atoms with van der Waals surface area (Å²) in [5, 5.41) is 0. The molecule has 0 N–H and O–H groups in total. The number of benzene rings is 2. The van der Waals surface area contributed by atoms with E-state index in [2.05, 4.69) is 54.6 Å². The van der Waals surface area contributed by atoms with Crippen molar-refractivity contribution in [3.8, 4) is 0 Å². The first-order valence-electron chi connectivity index (χ1n) is 8.13. The van der Waals surface area contributed by atoms with Gasteiger partial charge in [0.05, 0.1) is 6.61 Å². The molecule has 1 heterocycles. The van der Waals surface area contributed by atoms with E-state index in [1.165, 1.54) is 27.3 Å². The molecule has 1 unspecified atom stereocenters. The highest BCUT2D eigenvalue weighted by molar-refractivity contribution is 7.14. The number of thiophene rings is 1. The van der Waals surface area contributed by atoms with Gasteiger partial charge in [-0.05, 0) is 36.6 Å². The largest absolute Gasteiger partial charge is 0.462 e. The van der Waals surface area contributed by atoms with Crippen LogP contribution in [-0.2, 0) is 11.2 Å². The minimum Gasteiger partial charge on any atom is -0.462 e. The molecule has 0 bridgehead atoms. The van der Waals surface area contributed by atoms with E-state index in [0.717, 1.165) is 6.42 Å². The molecule has 2 aromatic carbocycles. The number of carbonyl (C=O) groups is 1. The molecule has 1 aromatic heterocycles. The molecular formula is C21H20O2S. The summed E-state index contributed by atoms with van der Waals surface area (Å²) in [6.07, 6.45) is 0.910. The molecule has 0 spiro atoms. The van der Waals surface area contributed by atoms with Crippen molar-refractivity contribution in [2.75, 3.05) is 6.61 Å². The normalized spacial score (nSPS) is 11.9. The van der Waals surface area contributed by atoms with Gasteiger partial charge >= 0.3 is 5.97 Å². The first kappa shape index (κ1) is 16.5. The van der Waals surface area contributed by atoms with Gasteiger partial charge in [0.1, 0.15) is 4.88 Å². The Bertz CT molecular complexity index is 778. The quantitative estimate of drug-likeness (QED) is 0.571. The third-order valence-electron chi connectivity index (χ3n) is 3.93. The Morgan fingerprint density at radius 2 is 1.62 bits per heavy atom. The van der Waals surface area contributed by atoms with E-state index in [0.29, 0.717) is 11.5 Å². The van der Waals surface area contributed by atoms with Gasteiger partial charge in [-0.2, -0.15) is 0 Å². The average molecular weight is 336 g/mol. The number of hydrogen-bond acceptors (Lipinski definition) is 3. The van der Waals surface area contributed by atoms with Gasteiger partial charge in [-0.15, -0.1) is 11.3 Å². The Labute approximate surface area is 146 Å². The monoisotopic (exact) mass is 336 g/mol. The predicted molar refractivity (Wildman–Crippen MR) is 98.7 cm³/mol. The first-order chi connectivity index (χ1) is 11.8. The standard InChI is InChI=1S/C21H20O2S/c1-2-23-21(22)20-14-13-19(24-20)18(17-11-7-4-8-12-17)15-16-9-5-3-6-10-16/h3-14,18H,2,15H2,1H3. The summed E-state index contributed by atoms with van der Waals surface area (Å²) in [7, 11) is 0. The fourth-order valence-electron chi connectivity index (χ4n) is 2.77. The number of hydrogen-bond donors (Lipinski definition) is 0. The summed E-state index contributed by atoms with van der Waals surface area (Å²) in [5.41, 5.74) is 2.55. The van der Waals surface area contributed by atoms with Crippen LogP contribution < -0.4 is 0 Å². The summed E-state index contributed by atoms with van der Waals surface area (Å²) in [4.78, 5) is 13.8. The molecule has 122 valence electrons. The second-order valence-electron chi connectivity index (χ2n) is 5.58. The van der Waals surface area contributed by atoms with E-state index in [1.54, 1.807) is 0 Å². The van der Waals surface area contributed by atoms with Crippen LogP contribution in [0.4, 0.5) is 0 Å². The fraction of sp³-hybridized carbons (Fsp3) is 0.190. The zero-order valence-corrected chi connectivity index (χ0v) is 14.5. The molecule has 1 atom stereocenters. The summed E-state index contributed by atoms with van der Waals surface area (Å²) in [6, 6.07) is 24.8. The van der Waals surface area contributed by atoms with Gasteiger partial charge in [-0.3, -0.25) is 0 Å². The molecule has 2 nitrogen and oxygen atoms in total. The van der Waals surface area contributed by atoms with Crippen molar-refractivity contribution in [2.45, 2.75) is 19.3 Å². The third-order valence-corrected chi connectivity index (χ3v) is 5.11. The lowest BCUT2D eigenvalue weighted by Crippen LogP contribution is -2.04. The summed E-state index contributed by atoms with van der Waals surface area (Å²) in [5.74, 6) is 0.00190. The zero-order chi connectivity index (χ0) is 16.8. The van der Waals surface area contributed by atoms with E-state index in [4.69, 9.17) is 4.74 Å². The summed E-state index contributed by atoms with van der Waals surface area (Å²) in [6.45, 7) is 2.23. The van der Waals surface area contributed by atoms with Gasteiger partial charge in [0, 0.05) is 10.8 Å². The van der Waals surface area contributed by atoms with Crippen molar-refractivity contribution in [2.24, 2.45) is 0 Å². The molecule has 3 heteroatoms. The maximum Gasteiger partial charge on any atom is 0.348 e. The molecule has 0 aliphatic carbocycles. The van der Waals surface area contributed by atoms with Gasteiger partial charge in [0.15, 0.2) is 0 Å². The van der Waals surface area contributed by atoms with E-state index in [-0.39, 0.29) is 11.9 Å².